The number of aliphatic hydroxyl groups is 1. The summed E-state index contributed by atoms with van der Waals surface area (Å²) in [5.74, 6) is 0.193. The van der Waals surface area contributed by atoms with Crippen molar-refractivity contribution in [3.8, 4) is 5.75 Å². The van der Waals surface area contributed by atoms with Crippen LogP contribution in [0.15, 0.2) is 24.3 Å². The first-order chi connectivity index (χ1) is 7.38. The van der Waals surface area contributed by atoms with Crippen LogP contribution >= 0.6 is 0 Å². The van der Waals surface area contributed by atoms with Crippen LogP contribution in [-0.2, 0) is 4.74 Å². The van der Waals surface area contributed by atoms with Crippen molar-refractivity contribution >= 4 is 8.07 Å². The van der Waals surface area contributed by atoms with Gasteiger partial charge >= 0.3 is 0 Å². The van der Waals surface area contributed by atoms with Crippen molar-refractivity contribution in [2.24, 2.45) is 0 Å². The average Bonchev–Trinajstić information content (AvgIpc) is 2.16. The summed E-state index contributed by atoms with van der Waals surface area (Å²) in [5, 5.41) is 18.8. The zero-order valence-electron chi connectivity index (χ0n) is 10.1. The van der Waals surface area contributed by atoms with Gasteiger partial charge in [-0.3, -0.25) is 0 Å². The van der Waals surface area contributed by atoms with Crippen molar-refractivity contribution in [3.05, 3.63) is 29.8 Å². The standard InChI is InChI=1S/C12H20O3Si/c1-16(2,3)9-8-15-12(14)10-4-6-11(13)7-5-10/h4-7,12-14H,8-9H2,1-3H3. The molecular formula is C12H20O3Si. The Morgan fingerprint density at radius 1 is 1.19 bits per heavy atom. The van der Waals surface area contributed by atoms with Crippen LogP contribution in [0.3, 0.4) is 0 Å². The third-order valence-corrected chi connectivity index (χ3v) is 4.01. The summed E-state index contributed by atoms with van der Waals surface area (Å²) in [6.07, 6.45) is -0.892. The van der Waals surface area contributed by atoms with E-state index in [4.69, 9.17) is 9.84 Å². The number of hydrogen-bond acceptors (Lipinski definition) is 3. The minimum atomic E-state index is -1.11. The Labute approximate surface area is 97.7 Å². The summed E-state index contributed by atoms with van der Waals surface area (Å²) in [4.78, 5) is 0. The lowest BCUT2D eigenvalue weighted by molar-refractivity contribution is -0.0981. The van der Waals surface area contributed by atoms with Crippen LogP contribution in [0.2, 0.25) is 25.7 Å². The van der Waals surface area contributed by atoms with Gasteiger partial charge in [0, 0.05) is 20.2 Å². The predicted molar refractivity (Wildman–Crippen MR) is 67.2 cm³/mol. The Kier molecular flexibility index (Phi) is 4.52. The van der Waals surface area contributed by atoms with Crippen LogP contribution in [0.25, 0.3) is 0 Å². The van der Waals surface area contributed by atoms with Gasteiger partial charge in [-0.05, 0) is 18.2 Å². The van der Waals surface area contributed by atoms with E-state index in [1.165, 1.54) is 0 Å². The van der Waals surface area contributed by atoms with E-state index in [1.807, 2.05) is 0 Å². The molecule has 4 heteroatoms. The quantitative estimate of drug-likeness (QED) is 0.614. The Bertz CT molecular complexity index is 316. The smallest absolute Gasteiger partial charge is 0.181 e. The van der Waals surface area contributed by atoms with E-state index in [-0.39, 0.29) is 5.75 Å². The third-order valence-electron chi connectivity index (χ3n) is 2.31. The Morgan fingerprint density at radius 3 is 2.25 bits per heavy atom. The molecule has 0 saturated heterocycles. The number of aliphatic hydroxyl groups excluding tert-OH is 1. The summed E-state index contributed by atoms with van der Waals surface area (Å²) < 4.78 is 5.35. The highest BCUT2D eigenvalue weighted by Gasteiger charge is 2.14. The second kappa shape index (κ2) is 5.47. The van der Waals surface area contributed by atoms with Crippen LogP contribution in [0.4, 0.5) is 0 Å². The van der Waals surface area contributed by atoms with Crippen molar-refractivity contribution in [2.75, 3.05) is 6.61 Å². The van der Waals surface area contributed by atoms with Crippen molar-refractivity contribution < 1.29 is 14.9 Å². The first kappa shape index (κ1) is 13.2. The number of phenols is 1. The summed E-state index contributed by atoms with van der Waals surface area (Å²) in [6, 6.07) is 7.44. The lowest BCUT2D eigenvalue weighted by Gasteiger charge is -2.18. The third kappa shape index (κ3) is 4.79. The molecule has 0 fully saturated rings. The van der Waals surface area contributed by atoms with E-state index in [0.29, 0.717) is 12.2 Å². The molecular weight excluding hydrogens is 220 g/mol. The molecule has 0 aromatic heterocycles. The zero-order valence-corrected chi connectivity index (χ0v) is 11.1. The molecule has 1 aromatic carbocycles. The van der Waals surface area contributed by atoms with Crippen molar-refractivity contribution in [1.82, 2.24) is 0 Å². The lowest BCUT2D eigenvalue weighted by Crippen LogP contribution is -2.22. The van der Waals surface area contributed by atoms with Gasteiger partial charge in [0.1, 0.15) is 5.75 Å². The van der Waals surface area contributed by atoms with E-state index in [0.717, 1.165) is 6.04 Å². The maximum atomic E-state index is 9.72. The molecule has 3 nitrogen and oxygen atoms in total. The maximum Gasteiger partial charge on any atom is 0.181 e. The second-order valence-corrected chi connectivity index (χ2v) is 10.7. The summed E-state index contributed by atoms with van der Waals surface area (Å²) in [6.45, 7) is 7.38. The van der Waals surface area contributed by atoms with E-state index in [2.05, 4.69) is 19.6 Å². The molecule has 1 rings (SSSR count). The Morgan fingerprint density at radius 2 is 1.75 bits per heavy atom. The van der Waals surface area contributed by atoms with Crippen molar-refractivity contribution in [3.63, 3.8) is 0 Å². The van der Waals surface area contributed by atoms with Gasteiger partial charge in [-0.1, -0.05) is 31.8 Å². The van der Waals surface area contributed by atoms with Gasteiger partial charge in [0.2, 0.25) is 0 Å². The van der Waals surface area contributed by atoms with Gasteiger partial charge < -0.3 is 14.9 Å². The number of benzene rings is 1. The van der Waals surface area contributed by atoms with Crippen molar-refractivity contribution in [2.45, 2.75) is 32.0 Å². The van der Waals surface area contributed by atoms with Crippen LogP contribution in [0.1, 0.15) is 11.9 Å². The van der Waals surface area contributed by atoms with Gasteiger partial charge in [0.05, 0.1) is 0 Å². The Hall–Kier alpha value is -0.843. The summed E-state index contributed by atoms with van der Waals surface area (Å²) in [7, 11) is -1.11. The molecule has 1 aromatic rings. The first-order valence-corrected chi connectivity index (χ1v) is 9.18. The molecule has 0 aliphatic rings. The molecule has 0 aliphatic carbocycles. The average molecular weight is 240 g/mol. The molecule has 0 aliphatic heterocycles. The maximum absolute atomic E-state index is 9.72. The monoisotopic (exact) mass is 240 g/mol. The molecule has 0 heterocycles. The molecule has 0 amide bonds. The van der Waals surface area contributed by atoms with E-state index in [9.17, 15) is 5.11 Å². The lowest BCUT2D eigenvalue weighted by atomic mass is 10.2. The highest BCUT2D eigenvalue weighted by Crippen LogP contribution is 2.19. The largest absolute Gasteiger partial charge is 0.508 e. The van der Waals surface area contributed by atoms with E-state index in [1.54, 1.807) is 24.3 Å². The van der Waals surface area contributed by atoms with E-state index >= 15 is 0 Å². The molecule has 0 radical (unpaired) electrons. The molecule has 0 bridgehead atoms. The predicted octanol–water partition coefficient (Wildman–Crippen LogP) is 2.74. The van der Waals surface area contributed by atoms with Gasteiger partial charge in [-0.2, -0.15) is 0 Å². The van der Waals surface area contributed by atoms with E-state index < -0.39 is 14.4 Å². The molecule has 16 heavy (non-hydrogen) atoms. The van der Waals surface area contributed by atoms with Gasteiger partial charge in [0.25, 0.3) is 0 Å². The fourth-order valence-electron chi connectivity index (χ4n) is 1.21. The number of ether oxygens (including phenoxy) is 1. The van der Waals surface area contributed by atoms with Gasteiger partial charge in [-0.25, -0.2) is 0 Å². The first-order valence-electron chi connectivity index (χ1n) is 5.47. The number of phenolic OH excluding ortho intramolecular Hbond substituents is 1. The van der Waals surface area contributed by atoms with Gasteiger partial charge in [-0.15, -0.1) is 0 Å². The summed E-state index contributed by atoms with van der Waals surface area (Å²) >= 11 is 0. The Balaban J connectivity index is 2.41. The second-order valence-electron chi connectivity index (χ2n) is 5.13. The van der Waals surface area contributed by atoms with Gasteiger partial charge in [0.15, 0.2) is 6.29 Å². The molecule has 2 N–H and O–H groups in total. The fraction of sp³-hybridized carbons (Fsp3) is 0.500. The SMILES string of the molecule is C[Si](C)(C)CCOC(O)c1ccc(O)cc1. The van der Waals surface area contributed by atoms with Crippen LogP contribution < -0.4 is 0 Å². The topological polar surface area (TPSA) is 49.7 Å². The van der Waals surface area contributed by atoms with Crippen LogP contribution in [0.5, 0.6) is 5.75 Å². The molecule has 0 spiro atoms. The molecule has 90 valence electrons. The highest BCUT2D eigenvalue weighted by atomic mass is 28.3. The van der Waals surface area contributed by atoms with Crippen molar-refractivity contribution in [1.29, 1.82) is 0 Å². The zero-order chi connectivity index (χ0) is 12.2. The number of hydrogen-bond donors (Lipinski definition) is 2. The minimum Gasteiger partial charge on any atom is -0.508 e. The molecule has 1 unspecified atom stereocenters. The summed E-state index contributed by atoms with van der Waals surface area (Å²) in [5.41, 5.74) is 0.674. The molecule has 1 atom stereocenters. The normalized spacial score (nSPS) is 13.8. The van der Waals surface area contributed by atoms with Crippen LogP contribution in [-0.4, -0.2) is 24.9 Å². The molecule has 0 saturated carbocycles. The number of aromatic hydroxyl groups is 1. The number of rotatable bonds is 5. The van der Waals surface area contributed by atoms with Crippen LogP contribution in [0, 0.1) is 0 Å². The fourth-order valence-corrected chi connectivity index (χ4v) is 1.94. The minimum absolute atomic E-state index is 0.193. The highest BCUT2D eigenvalue weighted by molar-refractivity contribution is 6.76.